The van der Waals surface area contributed by atoms with Crippen molar-refractivity contribution in [2.75, 3.05) is 13.2 Å². The van der Waals surface area contributed by atoms with Crippen LogP contribution in [-0.2, 0) is 14.8 Å². The number of hydrogen-bond acceptors (Lipinski definition) is 5. The van der Waals surface area contributed by atoms with Crippen LogP contribution in [0.25, 0.3) is 0 Å². The van der Waals surface area contributed by atoms with Crippen molar-refractivity contribution >= 4 is 31.9 Å². The Morgan fingerprint density at radius 3 is 2.85 bits per heavy atom. The highest BCUT2D eigenvalue weighted by Crippen LogP contribution is 2.26. The first-order valence-electron chi connectivity index (χ1n) is 6.04. The second kappa shape index (κ2) is 6.25. The van der Waals surface area contributed by atoms with Gasteiger partial charge in [0.15, 0.2) is 4.67 Å². The van der Waals surface area contributed by atoms with Crippen LogP contribution in [0.1, 0.15) is 29.8 Å². The van der Waals surface area contributed by atoms with Crippen molar-refractivity contribution in [3.8, 4) is 0 Å². The molecule has 112 valence electrons. The molecule has 0 radical (unpaired) electrons. The van der Waals surface area contributed by atoms with Crippen molar-refractivity contribution in [1.82, 2.24) is 4.72 Å². The predicted molar refractivity (Wildman–Crippen MR) is 72.1 cm³/mol. The number of carboxylic acids is 1. The van der Waals surface area contributed by atoms with Crippen LogP contribution in [0.15, 0.2) is 20.0 Å². The second-order valence-corrected chi connectivity index (χ2v) is 6.83. The lowest BCUT2D eigenvalue weighted by Gasteiger charge is -2.09. The van der Waals surface area contributed by atoms with E-state index < -0.39 is 21.8 Å². The molecular formula is C11H14BrNO6S. The lowest BCUT2D eigenvalue weighted by molar-refractivity contribution is 0.0661. The van der Waals surface area contributed by atoms with E-state index in [1.54, 1.807) is 0 Å². The third-order valence-corrected chi connectivity index (χ3v) is 5.26. The summed E-state index contributed by atoms with van der Waals surface area (Å²) in [5.74, 6) is -1.76. The van der Waals surface area contributed by atoms with Gasteiger partial charge in [-0.3, -0.25) is 0 Å². The van der Waals surface area contributed by atoms with E-state index in [0.717, 1.165) is 18.9 Å². The van der Waals surface area contributed by atoms with Crippen molar-refractivity contribution < 1.29 is 27.5 Å². The molecular weight excluding hydrogens is 354 g/mol. The zero-order valence-electron chi connectivity index (χ0n) is 10.5. The molecule has 1 saturated heterocycles. The lowest BCUT2D eigenvalue weighted by Crippen LogP contribution is -2.27. The first-order valence-corrected chi connectivity index (χ1v) is 8.31. The lowest BCUT2D eigenvalue weighted by atomic mass is 10.2. The van der Waals surface area contributed by atoms with Gasteiger partial charge in [0.25, 0.3) is 0 Å². The summed E-state index contributed by atoms with van der Waals surface area (Å²) in [5.41, 5.74) is 0. The third kappa shape index (κ3) is 3.60. The Kier molecular flexibility index (Phi) is 4.84. The van der Waals surface area contributed by atoms with Crippen molar-refractivity contribution in [1.29, 1.82) is 0 Å². The van der Waals surface area contributed by atoms with Gasteiger partial charge in [-0.15, -0.1) is 0 Å². The number of rotatable bonds is 6. The summed E-state index contributed by atoms with van der Waals surface area (Å²) >= 11 is 2.91. The van der Waals surface area contributed by atoms with E-state index in [4.69, 9.17) is 14.3 Å². The first-order chi connectivity index (χ1) is 9.40. The number of carboxylic acid groups (broad SMARTS) is 1. The second-order valence-electron chi connectivity index (χ2n) is 4.38. The molecule has 1 aliphatic rings. The molecule has 0 spiro atoms. The van der Waals surface area contributed by atoms with Crippen LogP contribution in [0.2, 0.25) is 0 Å². The van der Waals surface area contributed by atoms with E-state index >= 15 is 0 Å². The number of halogens is 1. The number of hydrogen-bond donors (Lipinski definition) is 2. The van der Waals surface area contributed by atoms with Gasteiger partial charge in [-0.05, 0) is 35.2 Å². The van der Waals surface area contributed by atoms with Gasteiger partial charge in [0, 0.05) is 19.2 Å². The molecule has 1 aliphatic heterocycles. The molecule has 0 bridgehead atoms. The number of carbonyl (C=O) groups is 1. The highest BCUT2D eigenvalue weighted by Gasteiger charge is 2.25. The molecule has 1 aromatic heterocycles. The van der Waals surface area contributed by atoms with Crippen LogP contribution in [-0.4, -0.2) is 38.7 Å². The average molecular weight is 368 g/mol. The van der Waals surface area contributed by atoms with Gasteiger partial charge in [0.1, 0.15) is 4.90 Å². The first kappa shape index (κ1) is 15.5. The molecule has 1 aromatic rings. The summed E-state index contributed by atoms with van der Waals surface area (Å²) < 4.78 is 36.5. The normalized spacial score (nSPS) is 19.4. The molecule has 7 nitrogen and oxygen atoms in total. The van der Waals surface area contributed by atoms with Gasteiger partial charge >= 0.3 is 5.97 Å². The Labute approximate surface area is 124 Å². The molecule has 2 rings (SSSR count). The zero-order valence-corrected chi connectivity index (χ0v) is 12.9. The fraction of sp³-hybridized carbons (Fsp3) is 0.545. The molecule has 2 heterocycles. The van der Waals surface area contributed by atoms with Gasteiger partial charge in [-0.1, -0.05) is 0 Å². The van der Waals surface area contributed by atoms with Crippen LogP contribution < -0.4 is 4.72 Å². The highest BCUT2D eigenvalue weighted by atomic mass is 79.9. The van der Waals surface area contributed by atoms with E-state index in [1.165, 1.54) is 0 Å². The molecule has 1 unspecified atom stereocenters. The van der Waals surface area contributed by atoms with Crippen molar-refractivity contribution in [3.05, 3.63) is 16.5 Å². The average Bonchev–Trinajstić information content (AvgIpc) is 2.98. The van der Waals surface area contributed by atoms with E-state index in [2.05, 4.69) is 20.7 Å². The SMILES string of the molecule is O=C(O)c1cc(S(=O)(=O)NCCC2CCCO2)c(Br)o1. The standard InChI is InChI=1S/C11H14BrNO6S/c12-10-9(6-8(19-10)11(14)15)20(16,17)13-4-3-7-2-1-5-18-7/h6-7,13H,1-5H2,(H,14,15). The predicted octanol–water partition coefficient (Wildman–Crippen LogP) is 1.59. The van der Waals surface area contributed by atoms with Gasteiger partial charge in [-0.25, -0.2) is 17.9 Å². The molecule has 0 aromatic carbocycles. The van der Waals surface area contributed by atoms with Crippen molar-refractivity contribution in [2.24, 2.45) is 0 Å². The molecule has 1 fully saturated rings. The van der Waals surface area contributed by atoms with Crippen molar-refractivity contribution in [3.63, 3.8) is 0 Å². The van der Waals surface area contributed by atoms with E-state index in [1.807, 2.05) is 0 Å². The Bertz CT molecular complexity index is 590. The van der Waals surface area contributed by atoms with Crippen molar-refractivity contribution in [2.45, 2.75) is 30.3 Å². The molecule has 1 atom stereocenters. The number of sulfonamides is 1. The van der Waals surface area contributed by atoms with Crippen LogP contribution in [0.3, 0.4) is 0 Å². The zero-order chi connectivity index (χ0) is 14.8. The smallest absolute Gasteiger partial charge is 0.371 e. The fourth-order valence-electron chi connectivity index (χ4n) is 1.94. The number of furan rings is 1. The maximum atomic E-state index is 12.0. The summed E-state index contributed by atoms with van der Waals surface area (Å²) in [6, 6.07) is 0.973. The maximum absolute atomic E-state index is 12.0. The minimum absolute atomic E-state index is 0.0834. The van der Waals surface area contributed by atoms with Crippen LogP contribution in [0.4, 0.5) is 0 Å². The number of nitrogens with one attached hydrogen (secondary N) is 1. The highest BCUT2D eigenvalue weighted by molar-refractivity contribution is 9.10. The molecule has 9 heteroatoms. The Balaban J connectivity index is 2.00. The summed E-state index contributed by atoms with van der Waals surface area (Å²) in [7, 11) is -3.80. The Morgan fingerprint density at radius 2 is 2.30 bits per heavy atom. The largest absolute Gasteiger partial charge is 0.475 e. The number of ether oxygens (including phenoxy) is 1. The minimum Gasteiger partial charge on any atom is -0.475 e. The van der Waals surface area contributed by atoms with E-state index in [-0.39, 0.29) is 22.2 Å². The molecule has 20 heavy (non-hydrogen) atoms. The van der Waals surface area contributed by atoms with Gasteiger partial charge in [-0.2, -0.15) is 0 Å². The summed E-state index contributed by atoms with van der Waals surface area (Å²) in [4.78, 5) is 10.5. The molecule has 0 aliphatic carbocycles. The maximum Gasteiger partial charge on any atom is 0.371 e. The third-order valence-electron chi connectivity index (χ3n) is 2.94. The van der Waals surface area contributed by atoms with Crippen LogP contribution >= 0.6 is 15.9 Å². The number of aromatic carboxylic acids is 1. The van der Waals surface area contributed by atoms with Crippen LogP contribution in [0, 0.1) is 0 Å². The Hall–Kier alpha value is -0.900. The van der Waals surface area contributed by atoms with Gasteiger partial charge in [0.05, 0.1) is 6.10 Å². The topological polar surface area (TPSA) is 106 Å². The van der Waals surface area contributed by atoms with Crippen LogP contribution in [0.5, 0.6) is 0 Å². The fourth-order valence-corrected chi connectivity index (χ4v) is 3.93. The van der Waals surface area contributed by atoms with E-state index in [0.29, 0.717) is 13.0 Å². The summed E-state index contributed by atoms with van der Waals surface area (Å²) in [5, 5.41) is 8.76. The molecule has 0 amide bonds. The quantitative estimate of drug-likeness (QED) is 0.790. The molecule has 2 N–H and O–H groups in total. The van der Waals surface area contributed by atoms with Gasteiger partial charge < -0.3 is 14.3 Å². The monoisotopic (exact) mass is 367 g/mol. The Morgan fingerprint density at radius 1 is 1.55 bits per heavy atom. The van der Waals surface area contributed by atoms with Gasteiger partial charge in [0.2, 0.25) is 15.8 Å². The summed E-state index contributed by atoms with van der Waals surface area (Å²) in [6.07, 6.45) is 2.59. The molecule has 0 saturated carbocycles. The van der Waals surface area contributed by atoms with E-state index in [9.17, 15) is 13.2 Å². The summed E-state index contributed by atoms with van der Waals surface area (Å²) in [6.45, 7) is 0.944. The minimum atomic E-state index is -3.80.